The molecular formula is C16H11F3N2O. The smallest absolute Gasteiger partial charge is 0.361 e. The normalized spacial score (nSPS) is 11.6. The molecule has 2 aromatic carbocycles. The van der Waals surface area contributed by atoms with Crippen LogP contribution in [0.15, 0.2) is 54.7 Å². The summed E-state index contributed by atoms with van der Waals surface area (Å²) in [7, 11) is 0. The summed E-state index contributed by atoms with van der Waals surface area (Å²) in [6.45, 7) is 0. The summed E-state index contributed by atoms with van der Waals surface area (Å²) in [5.74, 6) is -0.462. The predicted octanol–water partition coefficient (Wildman–Crippen LogP) is 4.44. The number of H-pyrrole nitrogens is 1. The molecule has 0 atom stereocenters. The number of carbonyl (C=O) groups is 1. The molecule has 0 spiro atoms. The fraction of sp³-hybridized carbons (Fsp3) is 0.0625. The number of benzene rings is 2. The van der Waals surface area contributed by atoms with E-state index in [1.54, 1.807) is 24.4 Å². The maximum atomic E-state index is 12.7. The number of hydrogen-bond acceptors (Lipinski definition) is 1. The Morgan fingerprint density at radius 2 is 1.86 bits per heavy atom. The van der Waals surface area contributed by atoms with E-state index in [0.29, 0.717) is 5.56 Å². The van der Waals surface area contributed by atoms with Crippen LogP contribution in [0.2, 0.25) is 0 Å². The third kappa shape index (κ3) is 2.81. The van der Waals surface area contributed by atoms with Crippen molar-refractivity contribution in [3.8, 4) is 0 Å². The molecule has 22 heavy (non-hydrogen) atoms. The Kier molecular flexibility index (Phi) is 3.36. The molecule has 3 nitrogen and oxygen atoms in total. The van der Waals surface area contributed by atoms with Gasteiger partial charge in [-0.3, -0.25) is 4.79 Å². The van der Waals surface area contributed by atoms with E-state index in [0.717, 1.165) is 23.0 Å². The van der Waals surface area contributed by atoms with Crippen molar-refractivity contribution in [3.05, 3.63) is 65.9 Å². The van der Waals surface area contributed by atoms with Crippen LogP contribution in [0.4, 0.5) is 18.9 Å². The first kappa shape index (κ1) is 14.2. The number of anilines is 1. The van der Waals surface area contributed by atoms with Crippen molar-refractivity contribution in [1.82, 2.24) is 4.98 Å². The van der Waals surface area contributed by atoms with Crippen LogP contribution >= 0.6 is 0 Å². The van der Waals surface area contributed by atoms with Crippen molar-refractivity contribution in [2.45, 2.75) is 6.18 Å². The highest BCUT2D eigenvalue weighted by Gasteiger charge is 2.30. The molecular weight excluding hydrogens is 293 g/mol. The van der Waals surface area contributed by atoms with Crippen molar-refractivity contribution in [2.24, 2.45) is 0 Å². The van der Waals surface area contributed by atoms with Crippen LogP contribution in [-0.2, 0) is 6.18 Å². The van der Waals surface area contributed by atoms with Gasteiger partial charge >= 0.3 is 6.18 Å². The zero-order valence-electron chi connectivity index (χ0n) is 11.2. The molecule has 0 radical (unpaired) electrons. The van der Waals surface area contributed by atoms with Gasteiger partial charge in [-0.2, -0.15) is 13.2 Å². The summed E-state index contributed by atoms with van der Waals surface area (Å²) in [6.07, 6.45) is -2.69. The maximum absolute atomic E-state index is 12.7. The number of amides is 1. The summed E-state index contributed by atoms with van der Waals surface area (Å²) < 4.78 is 38.0. The molecule has 1 amide bonds. The number of fused-ring (bicyclic) bond motifs is 1. The van der Waals surface area contributed by atoms with Gasteiger partial charge in [0.15, 0.2) is 0 Å². The van der Waals surface area contributed by atoms with Crippen LogP contribution in [0.1, 0.15) is 15.9 Å². The van der Waals surface area contributed by atoms with E-state index >= 15 is 0 Å². The highest BCUT2D eigenvalue weighted by molar-refractivity contribution is 6.06. The van der Waals surface area contributed by atoms with E-state index in [2.05, 4.69) is 10.3 Å². The first-order chi connectivity index (χ1) is 10.4. The van der Waals surface area contributed by atoms with Gasteiger partial charge in [-0.15, -0.1) is 0 Å². The lowest BCUT2D eigenvalue weighted by atomic mass is 10.1. The number of aromatic amines is 1. The summed E-state index contributed by atoms with van der Waals surface area (Å²) >= 11 is 0. The Balaban J connectivity index is 1.84. The number of carbonyl (C=O) groups excluding carboxylic acids is 1. The fourth-order valence-electron chi connectivity index (χ4n) is 2.17. The Morgan fingerprint density at radius 3 is 2.64 bits per heavy atom. The average Bonchev–Trinajstić information content (AvgIpc) is 2.94. The van der Waals surface area contributed by atoms with E-state index in [4.69, 9.17) is 0 Å². The quantitative estimate of drug-likeness (QED) is 0.722. The molecule has 0 fully saturated rings. The molecule has 0 saturated heterocycles. The molecule has 0 aliphatic rings. The number of hydrogen-bond donors (Lipinski definition) is 2. The van der Waals surface area contributed by atoms with Gasteiger partial charge in [-0.25, -0.2) is 0 Å². The largest absolute Gasteiger partial charge is 0.416 e. The van der Waals surface area contributed by atoms with E-state index in [1.807, 2.05) is 6.07 Å². The van der Waals surface area contributed by atoms with Crippen molar-refractivity contribution in [2.75, 3.05) is 5.32 Å². The highest BCUT2D eigenvalue weighted by Crippen LogP contribution is 2.30. The van der Waals surface area contributed by atoms with E-state index < -0.39 is 17.6 Å². The van der Waals surface area contributed by atoms with Gasteiger partial charge in [-0.1, -0.05) is 12.1 Å². The molecule has 3 aromatic rings. The minimum atomic E-state index is -4.44. The SMILES string of the molecule is O=C(Nc1cccc(C(F)(F)F)c1)c1ccc2cc[nH]c2c1. The molecule has 6 heteroatoms. The lowest BCUT2D eigenvalue weighted by molar-refractivity contribution is -0.137. The van der Waals surface area contributed by atoms with Crippen LogP contribution in [-0.4, -0.2) is 10.9 Å². The Hall–Kier alpha value is -2.76. The number of nitrogens with one attached hydrogen (secondary N) is 2. The minimum Gasteiger partial charge on any atom is -0.361 e. The zero-order valence-corrected chi connectivity index (χ0v) is 11.2. The van der Waals surface area contributed by atoms with E-state index in [9.17, 15) is 18.0 Å². The molecule has 0 bridgehead atoms. The van der Waals surface area contributed by atoms with Gasteiger partial charge in [0.25, 0.3) is 5.91 Å². The lowest BCUT2D eigenvalue weighted by Gasteiger charge is -2.10. The molecule has 1 aromatic heterocycles. The van der Waals surface area contributed by atoms with E-state index in [1.165, 1.54) is 12.1 Å². The first-order valence-corrected chi connectivity index (χ1v) is 6.49. The predicted molar refractivity (Wildman–Crippen MR) is 77.7 cm³/mol. The van der Waals surface area contributed by atoms with Crippen molar-refractivity contribution in [1.29, 1.82) is 0 Å². The first-order valence-electron chi connectivity index (χ1n) is 6.49. The second-order valence-electron chi connectivity index (χ2n) is 4.81. The minimum absolute atomic E-state index is 0.103. The number of alkyl halides is 3. The van der Waals surface area contributed by atoms with Crippen molar-refractivity contribution >= 4 is 22.5 Å². The third-order valence-electron chi connectivity index (χ3n) is 3.26. The molecule has 0 saturated carbocycles. The molecule has 1 heterocycles. The van der Waals surface area contributed by atoms with Gasteiger partial charge in [0.05, 0.1) is 5.56 Å². The zero-order chi connectivity index (χ0) is 15.7. The molecule has 0 aliphatic carbocycles. The van der Waals surface area contributed by atoms with Crippen LogP contribution in [0.25, 0.3) is 10.9 Å². The molecule has 0 aliphatic heterocycles. The summed E-state index contributed by atoms with van der Waals surface area (Å²) in [5.41, 5.74) is 0.459. The molecule has 2 N–H and O–H groups in total. The Labute approximate surface area is 123 Å². The lowest BCUT2D eigenvalue weighted by Crippen LogP contribution is -2.13. The summed E-state index contributed by atoms with van der Waals surface area (Å²) in [4.78, 5) is 15.1. The van der Waals surface area contributed by atoms with Crippen LogP contribution in [0, 0.1) is 0 Å². The second-order valence-corrected chi connectivity index (χ2v) is 4.81. The van der Waals surface area contributed by atoms with Crippen LogP contribution in [0.3, 0.4) is 0 Å². The number of halogens is 3. The Morgan fingerprint density at radius 1 is 1.05 bits per heavy atom. The van der Waals surface area contributed by atoms with Crippen molar-refractivity contribution in [3.63, 3.8) is 0 Å². The number of aromatic nitrogens is 1. The third-order valence-corrected chi connectivity index (χ3v) is 3.26. The van der Waals surface area contributed by atoms with Crippen LogP contribution in [0.5, 0.6) is 0 Å². The standard InChI is InChI=1S/C16H11F3N2O/c17-16(18,19)12-2-1-3-13(9-12)21-15(22)11-5-4-10-6-7-20-14(10)8-11/h1-9,20H,(H,21,22). The summed E-state index contributed by atoms with van der Waals surface area (Å²) in [5, 5.41) is 3.43. The van der Waals surface area contributed by atoms with Crippen LogP contribution < -0.4 is 5.32 Å². The maximum Gasteiger partial charge on any atom is 0.416 e. The molecule has 3 rings (SSSR count). The van der Waals surface area contributed by atoms with Crippen molar-refractivity contribution < 1.29 is 18.0 Å². The molecule has 0 unspecified atom stereocenters. The van der Waals surface area contributed by atoms with Gasteiger partial charge in [-0.05, 0) is 41.8 Å². The Bertz CT molecular complexity index is 837. The summed E-state index contributed by atoms with van der Waals surface area (Å²) in [6, 6.07) is 11.5. The van der Waals surface area contributed by atoms with Gasteiger partial charge in [0.1, 0.15) is 0 Å². The fourth-order valence-corrected chi connectivity index (χ4v) is 2.17. The van der Waals surface area contributed by atoms with Gasteiger partial charge in [0.2, 0.25) is 0 Å². The molecule has 112 valence electrons. The highest BCUT2D eigenvalue weighted by atomic mass is 19.4. The van der Waals surface area contributed by atoms with E-state index in [-0.39, 0.29) is 5.69 Å². The second kappa shape index (κ2) is 5.22. The van der Waals surface area contributed by atoms with Gasteiger partial charge in [0, 0.05) is 23.0 Å². The van der Waals surface area contributed by atoms with Gasteiger partial charge < -0.3 is 10.3 Å². The monoisotopic (exact) mass is 304 g/mol. The topological polar surface area (TPSA) is 44.9 Å². The number of rotatable bonds is 2. The average molecular weight is 304 g/mol.